The van der Waals surface area contributed by atoms with E-state index in [1.54, 1.807) is 11.3 Å². The van der Waals surface area contributed by atoms with Crippen molar-refractivity contribution in [2.75, 3.05) is 5.32 Å². The van der Waals surface area contributed by atoms with Gasteiger partial charge in [-0.05, 0) is 27.9 Å². The molecule has 0 aliphatic heterocycles. The molecule has 1 aromatic heterocycles. The Kier molecular flexibility index (Phi) is 2.69. The minimum atomic E-state index is 0.556. The second-order valence-corrected chi connectivity index (χ2v) is 5.65. The van der Waals surface area contributed by atoms with Crippen LogP contribution in [0.4, 0.5) is 5.13 Å². The molecule has 2 nitrogen and oxygen atoms in total. The number of anilines is 1. The molecule has 1 aliphatic carbocycles. The van der Waals surface area contributed by atoms with Gasteiger partial charge in [0.2, 0.25) is 0 Å². The van der Waals surface area contributed by atoms with E-state index in [0.717, 1.165) is 9.73 Å². The Morgan fingerprint density at radius 1 is 1.31 bits per heavy atom. The summed E-state index contributed by atoms with van der Waals surface area (Å²) in [5.74, 6) is 0.656. The van der Waals surface area contributed by atoms with Gasteiger partial charge in [0.05, 0.1) is 0 Å². The van der Waals surface area contributed by atoms with E-state index in [9.17, 15) is 0 Å². The van der Waals surface area contributed by atoms with Crippen LogP contribution in [0, 0.1) is 0 Å². The minimum absolute atomic E-state index is 0.556. The van der Waals surface area contributed by atoms with E-state index in [4.69, 9.17) is 0 Å². The lowest BCUT2D eigenvalue weighted by molar-refractivity contribution is 1.04. The van der Waals surface area contributed by atoms with E-state index in [2.05, 4.69) is 56.6 Å². The molecule has 4 heteroatoms. The van der Waals surface area contributed by atoms with Gasteiger partial charge in [-0.3, -0.25) is 0 Å². The molecule has 3 rings (SSSR count). The number of hydrogen-bond donors (Lipinski definition) is 1. The van der Waals surface area contributed by atoms with E-state index in [1.807, 2.05) is 5.38 Å². The number of halogens is 1. The molecule has 0 spiro atoms. The van der Waals surface area contributed by atoms with E-state index >= 15 is 0 Å². The summed E-state index contributed by atoms with van der Waals surface area (Å²) in [6.07, 6.45) is 1.21. The maximum Gasteiger partial charge on any atom is 0.183 e. The molecular weight excluding hydrogens is 284 g/mol. The largest absolute Gasteiger partial charge is 0.358 e. The zero-order chi connectivity index (χ0) is 11.0. The Bertz CT molecular complexity index is 483. The standard InChI is InChI=1S/C12H11BrN2S/c13-11-7-16-12(15-11)14-10-6-9(10)8-4-2-1-3-5-8/h1-5,7,9-10H,6H2,(H,14,15). The molecule has 0 amide bonds. The molecule has 0 radical (unpaired) electrons. The van der Waals surface area contributed by atoms with Crippen LogP contribution in [0.1, 0.15) is 17.9 Å². The molecular formula is C12H11BrN2S. The molecule has 2 aromatic rings. The fraction of sp³-hybridized carbons (Fsp3) is 0.250. The normalized spacial score (nSPS) is 23.1. The average Bonchev–Trinajstić information content (AvgIpc) is 2.95. The number of aromatic nitrogens is 1. The highest BCUT2D eigenvalue weighted by molar-refractivity contribution is 9.10. The fourth-order valence-electron chi connectivity index (χ4n) is 1.90. The summed E-state index contributed by atoms with van der Waals surface area (Å²) in [7, 11) is 0. The summed E-state index contributed by atoms with van der Waals surface area (Å²) in [5, 5.41) is 6.47. The summed E-state index contributed by atoms with van der Waals surface area (Å²) < 4.78 is 0.914. The van der Waals surface area contributed by atoms with Crippen molar-refractivity contribution >= 4 is 32.4 Å². The second-order valence-electron chi connectivity index (χ2n) is 3.98. The Morgan fingerprint density at radius 2 is 2.12 bits per heavy atom. The quantitative estimate of drug-likeness (QED) is 0.929. The van der Waals surface area contributed by atoms with Crippen molar-refractivity contribution in [3.8, 4) is 0 Å². The highest BCUT2D eigenvalue weighted by Crippen LogP contribution is 2.43. The van der Waals surface area contributed by atoms with Gasteiger partial charge < -0.3 is 5.32 Å². The van der Waals surface area contributed by atoms with Crippen molar-refractivity contribution in [1.82, 2.24) is 4.98 Å². The molecule has 1 N–H and O–H groups in total. The topological polar surface area (TPSA) is 24.9 Å². The van der Waals surface area contributed by atoms with Gasteiger partial charge in [0, 0.05) is 17.3 Å². The second kappa shape index (κ2) is 4.18. The average molecular weight is 295 g/mol. The number of nitrogens with zero attached hydrogens (tertiary/aromatic N) is 1. The van der Waals surface area contributed by atoms with Crippen molar-refractivity contribution in [3.63, 3.8) is 0 Å². The zero-order valence-electron chi connectivity index (χ0n) is 8.56. The maximum absolute atomic E-state index is 4.34. The van der Waals surface area contributed by atoms with Gasteiger partial charge in [0.1, 0.15) is 4.60 Å². The van der Waals surface area contributed by atoms with Gasteiger partial charge in [-0.25, -0.2) is 4.98 Å². The first-order valence-electron chi connectivity index (χ1n) is 5.25. The van der Waals surface area contributed by atoms with Crippen molar-refractivity contribution in [1.29, 1.82) is 0 Å². The molecule has 1 aromatic carbocycles. The molecule has 16 heavy (non-hydrogen) atoms. The number of benzene rings is 1. The van der Waals surface area contributed by atoms with Gasteiger partial charge in [-0.1, -0.05) is 30.3 Å². The Hall–Kier alpha value is -0.870. The summed E-state index contributed by atoms with van der Waals surface area (Å²) in [6.45, 7) is 0. The SMILES string of the molecule is Brc1csc(NC2CC2c2ccccc2)n1. The monoisotopic (exact) mass is 294 g/mol. The highest BCUT2D eigenvalue weighted by Gasteiger charge is 2.38. The minimum Gasteiger partial charge on any atom is -0.358 e. The molecule has 2 unspecified atom stereocenters. The lowest BCUT2D eigenvalue weighted by Gasteiger charge is -2.01. The summed E-state index contributed by atoms with van der Waals surface area (Å²) in [4.78, 5) is 4.34. The molecule has 1 heterocycles. The third kappa shape index (κ3) is 2.13. The first kappa shape index (κ1) is 10.3. The van der Waals surface area contributed by atoms with Crippen molar-refractivity contribution < 1.29 is 0 Å². The number of nitrogens with one attached hydrogen (secondary N) is 1. The molecule has 0 bridgehead atoms. The fourth-order valence-corrected chi connectivity index (χ4v) is 3.11. The first-order valence-corrected chi connectivity index (χ1v) is 6.93. The van der Waals surface area contributed by atoms with Gasteiger partial charge in [0.15, 0.2) is 5.13 Å². The van der Waals surface area contributed by atoms with E-state index in [-0.39, 0.29) is 0 Å². The lowest BCUT2D eigenvalue weighted by Crippen LogP contribution is -2.03. The van der Waals surface area contributed by atoms with Crippen molar-refractivity contribution in [2.45, 2.75) is 18.4 Å². The molecule has 2 atom stereocenters. The van der Waals surface area contributed by atoms with Gasteiger partial charge >= 0.3 is 0 Å². The van der Waals surface area contributed by atoms with Crippen LogP contribution in [-0.2, 0) is 0 Å². The van der Waals surface area contributed by atoms with Crippen molar-refractivity contribution in [2.24, 2.45) is 0 Å². The third-order valence-electron chi connectivity index (χ3n) is 2.80. The number of thiazole rings is 1. The van der Waals surface area contributed by atoms with Gasteiger partial charge in [-0.2, -0.15) is 0 Å². The molecule has 0 saturated heterocycles. The summed E-state index contributed by atoms with van der Waals surface area (Å²) in [6, 6.07) is 11.2. The van der Waals surface area contributed by atoms with Crippen LogP contribution in [0.25, 0.3) is 0 Å². The Labute approximate surface area is 107 Å². The smallest absolute Gasteiger partial charge is 0.183 e. The van der Waals surface area contributed by atoms with Crippen LogP contribution in [-0.4, -0.2) is 11.0 Å². The molecule has 1 aliphatic rings. The third-order valence-corrected chi connectivity index (χ3v) is 4.29. The first-order chi connectivity index (χ1) is 7.83. The Balaban J connectivity index is 1.65. The van der Waals surface area contributed by atoms with E-state index < -0.39 is 0 Å². The summed E-state index contributed by atoms with van der Waals surface area (Å²) >= 11 is 5.01. The lowest BCUT2D eigenvalue weighted by atomic mass is 10.1. The van der Waals surface area contributed by atoms with Crippen LogP contribution in [0.5, 0.6) is 0 Å². The summed E-state index contributed by atoms with van der Waals surface area (Å²) in [5.41, 5.74) is 1.43. The zero-order valence-corrected chi connectivity index (χ0v) is 11.0. The predicted molar refractivity (Wildman–Crippen MR) is 71.0 cm³/mol. The van der Waals surface area contributed by atoms with Crippen LogP contribution in [0.2, 0.25) is 0 Å². The Morgan fingerprint density at radius 3 is 2.81 bits per heavy atom. The van der Waals surface area contributed by atoms with Crippen LogP contribution in [0.3, 0.4) is 0 Å². The predicted octanol–water partition coefficient (Wildman–Crippen LogP) is 3.87. The molecule has 82 valence electrons. The van der Waals surface area contributed by atoms with Crippen LogP contribution >= 0.6 is 27.3 Å². The maximum atomic E-state index is 4.34. The van der Waals surface area contributed by atoms with Crippen LogP contribution in [0.15, 0.2) is 40.3 Å². The van der Waals surface area contributed by atoms with Gasteiger partial charge in [0.25, 0.3) is 0 Å². The van der Waals surface area contributed by atoms with Gasteiger partial charge in [-0.15, -0.1) is 11.3 Å². The number of rotatable bonds is 3. The van der Waals surface area contributed by atoms with Crippen LogP contribution < -0.4 is 5.32 Å². The molecule has 1 saturated carbocycles. The molecule has 1 fully saturated rings. The highest BCUT2D eigenvalue weighted by atomic mass is 79.9. The number of hydrogen-bond acceptors (Lipinski definition) is 3. The van der Waals surface area contributed by atoms with E-state index in [1.165, 1.54) is 12.0 Å². The van der Waals surface area contributed by atoms with E-state index in [0.29, 0.717) is 12.0 Å². The van der Waals surface area contributed by atoms with Crippen molar-refractivity contribution in [3.05, 3.63) is 45.9 Å².